The minimum absolute atomic E-state index is 0.139. The molecule has 0 aliphatic rings. The van der Waals surface area contributed by atoms with Crippen LogP contribution in [0.25, 0.3) is 33.1 Å². The number of fused-ring (bicyclic) bond motifs is 2. The molecule has 8 heteroatoms. The van der Waals surface area contributed by atoms with Crippen molar-refractivity contribution in [2.24, 2.45) is 0 Å². The van der Waals surface area contributed by atoms with E-state index in [4.69, 9.17) is 17.0 Å². The van der Waals surface area contributed by atoms with Gasteiger partial charge in [0.1, 0.15) is 5.65 Å². The number of aromatic amines is 1. The van der Waals surface area contributed by atoms with E-state index in [9.17, 15) is 13.6 Å². The highest BCUT2D eigenvalue weighted by Crippen LogP contribution is 2.33. The third kappa shape index (κ3) is 3.64. The Kier molecular flexibility index (Phi) is 5.69. The molecule has 30 heavy (non-hydrogen) atoms. The summed E-state index contributed by atoms with van der Waals surface area (Å²) in [6.45, 7) is 0.849. The van der Waals surface area contributed by atoms with Crippen LogP contribution in [0.5, 0.6) is 0 Å². The highest BCUT2D eigenvalue weighted by molar-refractivity contribution is 7.71. The van der Waals surface area contributed by atoms with Crippen LogP contribution in [0, 0.1) is 4.77 Å². The number of halogens is 2. The Bertz CT molecular complexity index is 1340. The summed E-state index contributed by atoms with van der Waals surface area (Å²) in [6, 6.07) is 14.6. The number of methoxy groups -OCH3 is 1. The number of aryl methyl sites for hydroxylation is 1. The van der Waals surface area contributed by atoms with Crippen molar-refractivity contribution in [1.29, 1.82) is 0 Å². The Labute approximate surface area is 176 Å². The largest absolute Gasteiger partial charge is 0.385 e. The maximum absolute atomic E-state index is 14.0. The molecule has 4 rings (SSSR count). The van der Waals surface area contributed by atoms with Crippen molar-refractivity contribution in [2.75, 3.05) is 13.7 Å². The Morgan fingerprint density at radius 2 is 1.97 bits per heavy atom. The number of nitrogens with zero attached hydrogens (tertiary/aromatic N) is 2. The molecule has 0 fully saturated rings. The molecule has 4 aromatic rings. The summed E-state index contributed by atoms with van der Waals surface area (Å²) in [4.78, 5) is 19.7. The summed E-state index contributed by atoms with van der Waals surface area (Å²) in [5.41, 5.74) is 0.215. The average Bonchev–Trinajstić information content (AvgIpc) is 2.74. The number of benzene rings is 2. The van der Waals surface area contributed by atoms with E-state index >= 15 is 0 Å². The fraction of sp³-hybridized carbons (Fsp3) is 0.227. The first-order chi connectivity index (χ1) is 14.5. The van der Waals surface area contributed by atoms with E-state index in [2.05, 4.69) is 9.97 Å². The Morgan fingerprint density at radius 1 is 1.20 bits per heavy atom. The number of pyridine rings is 1. The Morgan fingerprint density at radius 3 is 2.73 bits per heavy atom. The third-order valence-electron chi connectivity index (χ3n) is 5.01. The van der Waals surface area contributed by atoms with Crippen LogP contribution >= 0.6 is 12.2 Å². The zero-order valence-corrected chi connectivity index (χ0v) is 17.0. The van der Waals surface area contributed by atoms with Gasteiger partial charge in [-0.25, -0.2) is 13.8 Å². The minimum atomic E-state index is -2.84. The molecule has 0 spiro atoms. The number of hydrogen-bond acceptors (Lipinski definition) is 4. The van der Waals surface area contributed by atoms with Gasteiger partial charge < -0.3 is 9.30 Å². The van der Waals surface area contributed by atoms with Crippen LogP contribution in [0.3, 0.4) is 0 Å². The number of ether oxygens (including phenoxy) is 1. The molecule has 0 radical (unpaired) electrons. The van der Waals surface area contributed by atoms with Crippen LogP contribution in [0.4, 0.5) is 8.78 Å². The molecule has 154 valence electrons. The molecule has 0 saturated heterocycles. The monoisotopic (exact) mass is 427 g/mol. The number of H-pyrrole nitrogens is 1. The molecule has 0 unspecified atom stereocenters. The minimum Gasteiger partial charge on any atom is -0.385 e. The van der Waals surface area contributed by atoms with Crippen LogP contribution in [-0.2, 0) is 11.3 Å². The molecule has 1 N–H and O–H groups in total. The molecule has 0 bridgehead atoms. The summed E-state index contributed by atoms with van der Waals surface area (Å²) in [7, 11) is 1.58. The van der Waals surface area contributed by atoms with Crippen molar-refractivity contribution >= 4 is 34.0 Å². The second-order valence-electron chi connectivity index (χ2n) is 6.88. The van der Waals surface area contributed by atoms with E-state index < -0.39 is 12.0 Å². The van der Waals surface area contributed by atoms with Gasteiger partial charge in [0.25, 0.3) is 12.0 Å². The van der Waals surface area contributed by atoms with Gasteiger partial charge in [0.05, 0.1) is 11.1 Å². The number of hydrogen-bond donors (Lipinski definition) is 1. The SMILES string of the molecule is COCCCn1c(=S)[nH]c(=O)c2c(C(F)F)cc(-c3cccc4ccccc34)nc21. The predicted octanol–water partition coefficient (Wildman–Crippen LogP) is 5.25. The van der Waals surface area contributed by atoms with Gasteiger partial charge >= 0.3 is 0 Å². The summed E-state index contributed by atoms with van der Waals surface area (Å²) in [5.74, 6) is 0. The third-order valence-corrected chi connectivity index (χ3v) is 5.33. The highest BCUT2D eigenvalue weighted by atomic mass is 32.1. The average molecular weight is 427 g/mol. The Balaban J connectivity index is 2.06. The van der Waals surface area contributed by atoms with E-state index in [1.165, 1.54) is 6.07 Å². The summed E-state index contributed by atoms with van der Waals surface area (Å²) in [5, 5.41) is 1.72. The molecule has 0 saturated carbocycles. The van der Waals surface area contributed by atoms with Crippen LogP contribution in [0.15, 0.2) is 53.3 Å². The van der Waals surface area contributed by atoms with Gasteiger partial charge in [-0.05, 0) is 35.5 Å². The van der Waals surface area contributed by atoms with Crippen LogP contribution in [0.1, 0.15) is 18.4 Å². The van der Waals surface area contributed by atoms with E-state index in [1.807, 2.05) is 42.5 Å². The number of alkyl halides is 2. The second-order valence-corrected chi connectivity index (χ2v) is 7.27. The fourth-order valence-corrected chi connectivity index (χ4v) is 3.91. The molecule has 0 atom stereocenters. The van der Waals surface area contributed by atoms with E-state index in [0.29, 0.717) is 30.8 Å². The van der Waals surface area contributed by atoms with Crippen molar-refractivity contribution in [3.05, 3.63) is 69.2 Å². The van der Waals surface area contributed by atoms with Gasteiger partial charge in [-0.15, -0.1) is 0 Å². The lowest BCUT2D eigenvalue weighted by Crippen LogP contribution is -2.18. The number of nitrogens with one attached hydrogen (secondary N) is 1. The standard InChI is InChI=1S/C22H19F2N3O2S/c1-29-11-5-10-27-20-18(21(28)26-22(27)30)16(19(23)24)12-17(25-20)15-9-4-7-13-6-2-3-8-14(13)15/h2-4,6-9,12,19H,5,10-11H2,1H3,(H,26,28,30). The van der Waals surface area contributed by atoms with Crippen molar-refractivity contribution in [1.82, 2.24) is 14.5 Å². The van der Waals surface area contributed by atoms with Crippen LogP contribution < -0.4 is 5.56 Å². The normalized spacial score (nSPS) is 11.6. The lowest BCUT2D eigenvalue weighted by atomic mass is 10.00. The maximum Gasteiger partial charge on any atom is 0.264 e. The molecular weight excluding hydrogens is 408 g/mol. The van der Waals surface area contributed by atoms with Crippen molar-refractivity contribution in [3.8, 4) is 11.3 Å². The second kappa shape index (κ2) is 8.41. The van der Waals surface area contributed by atoms with E-state index in [0.717, 1.165) is 10.8 Å². The number of aromatic nitrogens is 3. The van der Waals surface area contributed by atoms with Crippen molar-refractivity contribution < 1.29 is 13.5 Å². The van der Waals surface area contributed by atoms with Crippen LogP contribution in [-0.4, -0.2) is 28.3 Å². The predicted molar refractivity (Wildman–Crippen MR) is 116 cm³/mol. The number of rotatable bonds is 6. The van der Waals surface area contributed by atoms with Gasteiger partial charge in [-0.1, -0.05) is 42.5 Å². The lowest BCUT2D eigenvalue weighted by Gasteiger charge is -2.15. The first kappa shape index (κ1) is 20.3. The highest BCUT2D eigenvalue weighted by Gasteiger charge is 2.21. The maximum atomic E-state index is 14.0. The molecular formula is C22H19F2N3O2S. The summed E-state index contributed by atoms with van der Waals surface area (Å²) >= 11 is 5.30. The van der Waals surface area contributed by atoms with Gasteiger partial charge in [0, 0.05) is 31.4 Å². The zero-order chi connectivity index (χ0) is 21.3. The van der Waals surface area contributed by atoms with E-state index in [1.54, 1.807) is 11.7 Å². The molecule has 2 aromatic heterocycles. The molecule has 5 nitrogen and oxygen atoms in total. The van der Waals surface area contributed by atoms with Crippen molar-refractivity contribution in [3.63, 3.8) is 0 Å². The first-order valence-electron chi connectivity index (χ1n) is 9.44. The van der Waals surface area contributed by atoms with Gasteiger partial charge in [-0.3, -0.25) is 9.78 Å². The quantitative estimate of drug-likeness (QED) is 0.337. The molecule has 0 aliphatic carbocycles. The Hall–Kier alpha value is -2.97. The topological polar surface area (TPSA) is 59.9 Å². The van der Waals surface area contributed by atoms with Gasteiger partial charge in [0.2, 0.25) is 0 Å². The molecule has 2 aromatic carbocycles. The van der Waals surface area contributed by atoms with Crippen LogP contribution in [0.2, 0.25) is 0 Å². The van der Waals surface area contributed by atoms with Gasteiger partial charge in [-0.2, -0.15) is 0 Å². The summed E-state index contributed by atoms with van der Waals surface area (Å²) < 4.78 is 34.8. The molecule has 0 amide bonds. The first-order valence-corrected chi connectivity index (χ1v) is 9.85. The zero-order valence-electron chi connectivity index (χ0n) is 16.2. The molecule has 0 aliphatic heterocycles. The fourth-order valence-electron chi connectivity index (χ4n) is 3.64. The van der Waals surface area contributed by atoms with E-state index in [-0.39, 0.29) is 21.4 Å². The lowest BCUT2D eigenvalue weighted by molar-refractivity contribution is 0.153. The summed E-state index contributed by atoms with van der Waals surface area (Å²) in [6.07, 6.45) is -2.25. The van der Waals surface area contributed by atoms with Gasteiger partial charge in [0.15, 0.2) is 4.77 Å². The van der Waals surface area contributed by atoms with Crippen molar-refractivity contribution in [2.45, 2.75) is 19.4 Å². The smallest absolute Gasteiger partial charge is 0.264 e. The molecule has 2 heterocycles.